The van der Waals surface area contributed by atoms with E-state index in [1.807, 2.05) is 0 Å². The second-order valence-electron chi connectivity index (χ2n) is 7.27. The lowest BCUT2D eigenvalue weighted by atomic mass is 9.88. The molecule has 0 aliphatic carbocycles. The topological polar surface area (TPSA) is 30.9 Å². The van der Waals surface area contributed by atoms with Gasteiger partial charge >= 0.3 is 0 Å². The van der Waals surface area contributed by atoms with Crippen LogP contribution in [0, 0.1) is 5.92 Å². The summed E-state index contributed by atoms with van der Waals surface area (Å²) in [5.41, 5.74) is 0. The van der Waals surface area contributed by atoms with Crippen molar-refractivity contribution in [3.63, 3.8) is 0 Å². The van der Waals surface area contributed by atoms with Crippen LogP contribution in [0.25, 0.3) is 0 Å². The van der Waals surface area contributed by atoms with Gasteiger partial charge in [-0.15, -0.1) is 0 Å². The van der Waals surface area contributed by atoms with Crippen LogP contribution in [0.2, 0.25) is 0 Å². The number of unbranched alkanes of at least 4 members (excludes halogenated alkanes) is 5. The van der Waals surface area contributed by atoms with E-state index < -0.39 is 5.79 Å². The Balaban J connectivity index is 2.34. The van der Waals surface area contributed by atoms with E-state index in [0.717, 1.165) is 26.3 Å². The highest BCUT2D eigenvalue weighted by atomic mass is 16.7. The summed E-state index contributed by atoms with van der Waals surface area (Å²) < 4.78 is 16.9. The van der Waals surface area contributed by atoms with E-state index in [2.05, 4.69) is 18.7 Å². The van der Waals surface area contributed by atoms with E-state index in [9.17, 15) is 0 Å². The molecule has 0 bridgehead atoms. The fourth-order valence-corrected chi connectivity index (χ4v) is 3.64. The van der Waals surface area contributed by atoms with Crippen molar-refractivity contribution in [1.29, 1.82) is 0 Å². The SMILES string of the molecule is CCCCCCCCC(CCCN1CCOCC1)C(C)(OC)OC. The molecule has 0 amide bonds. The molecule has 1 rings (SSSR count). The number of ether oxygens (including phenoxy) is 3. The predicted molar refractivity (Wildman–Crippen MR) is 100 cm³/mol. The summed E-state index contributed by atoms with van der Waals surface area (Å²) in [5.74, 6) is 0.0220. The van der Waals surface area contributed by atoms with E-state index in [1.54, 1.807) is 14.2 Å². The van der Waals surface area contributed by atoms with Crippen molar-refractivity contribution in [2.45, 2.75) is 77.4 Å². The van der Waals surface area contributed by atoms with E-state index in [4.69, 9.17) is 14.2 Å². The monoisotopic (exact) mass is 343 g/mol. The summed E-state index contributed by atoms with van der Waals surface area (Å²) in [4.78, 5) is 2.52. The van der Waals surface area contributed by atoms with Crippen molar-refractivity contribution in [3.8, 4) is 0 Å². The standard InChI is InChI=1S/C20H41NO3/c1-5-6-7-8-9-10-12-19(20(2,22-3)23-4)13-11-14-21-15-17-24-18-16-21/h19H,5-18H2,1-4H3. The number of rotatable bonds is 14. The number of methoxy groups -OCH3 is 2. The van der Waals surface area contributed by atoms with Crippen LogP contribution in [0.5, 0.6) is 0 Å². The Labute approximate surface area is 150 Å². The molecule has 1 aliphatic rings. The van der Waals surface area contributed by atoms with E-state index in [-0.39, 0.29) is 0 Å². The first-order chi connectivity index (χ1) is 11.7. The van der Waals surface area contributed by atoms with Crippen LogP contribution in [0.1, 0.15) is 71.6 Å². The first-order valence-corrected chi connectivity index (χ1v) is 10.1. The summed E-state index contributed by atoms with van der Waals surface area (Å²) in [5, 5.41) is 0. The minimum Gasteiger partial charge on any atom is -0.379 e. The van der Waals surface area contributed by atoms with E-state index >= 15 is 0 Å². The summed E-state index contributed by atoms with van der Waals surface area (Å²) in [6.45, 7) is 9.46. The summed E-state index contributed by atoms with van der Waals surface area (Å²) in [7, 11) is 3.56. The maximum absolute atomic E-state index is 5.73. The van der Waals surface area contributed by atoms with Crippen molar-refractivity contribution in [2.24, 2.45) is 5.92 Å². The largest absolute Gasteiger partial charge is 0.379 e. The van der Waals surface area contributed by atoms with Crippen molar-refractivity contribution in [2.75, 3.05) is 47.1 Å². The Morgan fingerprint density at radius 1 is 0.917 bits per heavy atom. The highest BCUT2D eigenvalue weighted by molar-refractivity contribution is 4.76. The van der Waals surface area contributed by atoms with Gasteiger partial charge in [0.2, 0.25) is 0 Å². The van der Waals surface area contributed by atoms with Crippen molar-refractivity contribution in [1.82, 2.24) is 4.90 Å². The molecule has 4 nitrogen and oxygen atoms in total. The molecule has 24 heavy (non-hydrogen) atoms. The van der Waals surface area contributed by atoms with Crippen LogP contribution < -0.4 is 0 Å². The van der Waals surface area contributed by atoms with Gasteiger partial charge in [-0.2, -0.15) is 0 Å². The molecule has 0 aromatic heterocycles. The minimum atomic E-state index is -0.450. The number of nitrogens with zero attached hydrogens (tertiary/aromatic N) is 1. The molecular weight excluding hydrogens is 302 g/mol. The molecule has 1 aliphatic heterocycles. The molecular formula is C20H41NO3. The van der Waals surface area contributed by atoms with Gasteiger partial charge in [0.25, 0.3) is 0 Å². The highest BCUT2D eigenvalue weighted by Gasteiger charge is 2.33. The van der Waals surface area contributed by atoms with Gasteiger partial charge in [0.15, 0.2) is 5.79 Å². The molecule has 0 spiro atoms. The summed E-state index contributed by atoms with van der Waals surface area (Å²) in [6, 6.07) is 0. The maximum Gasteiger partial charge on any atom is 0.167 e. The molecule has 1 saturated heterocycles. The fraction of sp³-hybridized carbons (Fsp3) is 1.00. The Hall–Kier alpha value is -0.160. The molecule has 0 aromatic rings. The van der Waals surface area contributed by atoms with Gasteiger partial charge in [-0.05, 0) is 32.7 Å². The van der Waals surface area contributed by atoms with Gasteiger partial charge in [-0.1, -0.05) is 45.4 Å². The van der Waals surface area contributed by atoms with Crippen LogP contribution in [0.3, 0.4) is 0 Å². The first-order valence-electron chi connectivity index (χ1n) is 10.1. The van der Waals surface area contributed by atoms with Crippen molar-refractivity contribution >= 4 is 0 Å². The lowest BCUT2D eigenvalue weighted by molar-refractivity contribution is -0.230. The van der Waals surface area contributed by atoms with Gasteiger partial charge in [0, 0.05) is 33.2 Å². The Kier molecular flexibility index (Phi) is 11.9. The zero-order valence-corrected chi connectivity index (χ0v) is 16.6. The van der Waals surface area contributed by atoms with Crippen LogP contribution in [0.15, 0.2) is 0 Å². The lowest BCUT2D eigenvalue weighted by Crippen LogP contribution is -2.40. The summed E-state index contributed by atoms with van der Waals surface area (Å²) in [6.07, 6.45) is 11.6. The number of hydrogen-bond donors (Lipinski definition) is 0. The predicted octanol–water partition coefficient (Wildman–Crippen LogP) is 4.47. The van der Waals surface area contributed by atoms with Crippen LogP contribution in [0.4, 0.5) is 0 Å². The first kappa shape index (κ1) is 21.9. The maximum atomic E-state index is 5.73. The van der Waals surface area contributed by atoms with Gasteiger partial charge in [-0.3, -0.25) is 4.90 Å². The van der Waals surface area contributed by atoms with Gasteiger partial charge in [0.1, 0.15) is 0 Å². The third-order valence-corrected chi connectivity index (χ3v) is 5.59. The average Bonchev–Trinajstić information content (AvgIpc) is 2.63. The Morgan fingerprint density at radius 3 is 2.12 bits per heavy atom. The van der Waals surface area contributed by atoms with Crippen molar-refractivity contribution in [3.05, 3.63) is 0 Å². The molecule has 1 unspecified atom stereocenters. The molecule has 0 saturated carbocycles. The highest BCUT2D eigenvalue weighted by Crippen LogP contribution is 2.31. The van der Waals surface area contributed by atoms with Gasteiger partial charge < -0.3 is 14.2 Å². The smallest absolute Gasteiger partial charge is 0.167 e. The number of morpholine rings is 1. The number of hydrogen-bond acceptors (Lipinski definition) is 4. The van der Waals surface area contributed by atoms with Gasteiger partial charge in [-0.25, -0.2) is 0 Å². The molecule has 4 heteroatoms. The Morgan fingerprint density at radius 2 is 1.50 bits per heavy atom. The zero-order valence-electron chi connectivity index (χ0n) is 16.6. The average molecular weight is 344 g/mol. The molecule has 0 aromatic carbocycles. The van der Waals surface area contributed by atoms with Crippen molar-refractivity contribution < 1.29 is 14.2 Å². The molecule has 1 fully saturated rings. The second kappa shape index (κ2) is 13.1. The molecule has 1 atom stereocenters. The molecule has 1 heterocycles. The molecule has 144 valence electrons. The fourth-order valence-electron chi connectivity index (χ4n) is 3.64. The van der Waals surface area contributed by atoms with Gasteiger partial charge in [0.05, 0.1) is 13.2 Å². The lowest BCUT2D eigenvalue weighted by Gasteiger charge is -2.36. The minimum absolute atomic E-state index is 0.450. The third-order valence-electron chi connectivity index (χ3n) is 5.59. The van der Waals surface area contributed by atoms with E-state index in [0.29, 0.717) is 5.92 Å². The van der Waals surface area contributed by atoms with Crippen LogP contribution >= 0.6 is 0 Å². The zero-order chi connectivity index (χ0) is 17.7. The normalized spacial score (nSPS) is 18.0. The quantitative estimate of drug-likeness (QED) is 0.344. The van der Waals surface area contributed by atoms with Crippen LogP contribution in [-0.4, -0.2) is 57.8 Å². The third kappa shape index (κ3) is 8.28. The Bertz CT molecular complexity index is 289. The molecule has 0 N–H and O–H groups in total. The molecule has 0 radical (unpaired) electrons. The second-order valence-corrected chi connectivity index (χ2v) is 7.27. The van der Waals surface area contributed by atoms with E-state index in [1.165, 1.54) is 64.3 Å². The summed E-state index contributed by atoms with van der Waals surface area (Å²) >= 11 is 0. The van der Waals surface area contributed by atoms with Crippen LogP contribution in [-0.2, 0) is 14.2 Å².